The topological polar surface area (TPSA) is 41.1 Å². The van der Waals surface area contributed by atoms with E-state index in [1.807, 2.05) is 20.8 Å². The molecule has 3 nitrogen and oxygen atoms in total. The Bertz CT molecular complexity index is 423. The van der Waals surface area contributed by atoms with Gasteiger partial charge in [0.15, 0.2) is 0 Å². The Labute approximate surface area is 112 Å². The molecule has 0 aliphatic heterocycles. The second kappa shape index (κ2) is 6.71. The van der Waals surface area contributed by atoms with Crippen LogP contribution in [0, 0.1) is 5.82 Å². The highest BCUT2D eigenvalue weighted by Gasteiger charge is 2.11. The summed E-state index contributed by atoms with van der Waals surface area (Å²) in [6.07, 6.45) is 0. The number of amides is 1. The first-order chi connectivity index (χ1) is 8.40. The molecular weight excluding hydrogens is 255 g/mol. The number of hydrogen-bond donors (Lipinski definition) is 2. The van der Waals surface area contributed by atoms with Crippen LogP contribution in [0.25, 0.3) is 0 Å². The van der Waals surface area contributed by atoms with E-state index in [-0.39, 0.29) is 30.4 Å². The molecule has 0 heterocycles. The van der Waals surface area contributed by atoms with Crippen LogP contribution in [0.5, 0.6) is 0 Å². The van der Waals surface area contributed by atoms with E-state index in [9.17, 15) is 9.18 Å². The molecule has 2 N–H and O–H groups in total. The lowest BCUT2D eigenvalue weighted by molar-refractivity contribution is -0.120. The molecule has 5 heteroatoms. The highest BCUT2D eigenvalue weighted by Crippen LogP contribution is 2.23. The standard InChI is InChI=1S/C13H18ClFN2O/c1-8(2)17-13(18)7-16-9(3)11-5-4-10(15)6-12(11)14/h4-6,8-9,16H,7H2,1-3H3,(H,17,18). The molecule has 0 saturated heterocycles. The lowest BCUT2D eigenvalue weighted by Gasteiger charge is -2.16. The summed E-state index contributed by atoms with van der Waals surface area (Å²) >= 11 is 5.94. The van der Waals surface area contributed by atoms with E-state index in [0.717, 1.165) is 5.56 Å². The van der Waals surface area contributed by atoms with Crippen LogP contribution < -0.4 is 10.6 Å². The smallest absolute Gasteiger partial charge is 0.234 e. The van der Waals surface area contributed by atoms with Crippen molar-refractivity contribution in [2.45, 2.75) is 32.9 Å². The zero-order valence-corrected chi connectivity index (χ0v) is 11.5. The van der Waals surface area contributed by atoms with Crippen molar-refractivity contribution in [1.29, 1.82) is 0 Å². The van der Waals surface area contributed by atoms with Crippen LogP contribution in [0.1, 0.15) is 32.4 Å². The summed E-state index contributed by atoms with van der Waals surface area (Å²) in [5, 5.41) is 6.18. The fourth-order valence-corrected chi connectivity index (χ4v) is 1.91. The third-order valence-electron chi connectivity index (χ3n) is 2.45. The Morgan fingerprint density at radius 3 is 2.61 bits per heavy atom. The van der Waals surface area contributed by atoms with Gasteiger partial charge in [-0.2, -0.15) is 0 Å². The molecule has 1 amide bonds. The van der Waals surface area contributed by atoms with E-state index in [1.54, 1.807) is 6.07 Å². The third-order valence-corrected chi connectivity index (χ3v) is 2.77. The summed E-state index contributed by atoms with van der Waals surface area (Å²) in [4.78, 5) is 11.5. The van der Waals surface area contributed by atoms with Gasteiger partial charge >= 0.3 is 0 Å². The van der Waals surface area contributed by atoms with Gasteiger partial charge < -0.3 is 10.6 Å². The Morgan fingerprint density at radius 1 is 1.39 bits per heavy atom. The maximum atomic E-state index is 12.9. The third kappa shape index (κ3) is 4.63. The first-order valence-electron chi connectivity index (χ1n) is 5.88. The highest BCUT2D eigenvalue weighted by atomic mass is 35.5. The molecule has 0 radical (unpaired) electrons. The van der Waals surface area contributed by atoms with Crippen molar-refractivity contribution in [3.05, 3.63) is 34.6 Å². The maximum Gasteiger partial charge on any atom is 0.234 e. The van der Waals surface area contributed by atoms with Gasteiger partial charge in [0, 0.05) is 17.1 Å². The van der Waals surface area contributed by atoms with Gasteiger partial charge in [0.2, 0.25) is 5.91 Å². The van der Waals surface area contributed by atoms with Gasteiger partial charge in [0.1, 0.15) is 5.82 Å². The SMILES string of the molecule is CC(C)NC(=O)CNC(C)c1ccc(F)cc1Cl. The number of nitrogens with one attached hydrogen (secondary N) is 2. The zero-order chi connectivity index (χ0) is 13.7. The van der Waals surface area contributed by atoms with Crippen LogP contribution in [-0.2, 0) is 4.79 Å². The van der Waals surface area contributed by atoms with Crippen molar-refractivity contribution in [3.63, 3.8) is 0 Å². The molecule has 1 aromatic rings. The molecule has 0 saturated carbocycles. The minimum Gasteiger partial charge on any atom is -0.353 e. The molecule has 18 heavy (non-hydrogen) atoms. The summed E-state index contributed by atoms with van der Waals surface area (Å²) in [6.45, 7) is 5.88. The van der Waals surface area contributed by atoms with Gasteiger partial charge in [-0.1, -0.05) is 17.7 Å². The molecular formula is C13H18ClFN2O. The van der Waals surface area contributed by atoms with Gasteiger partial charge in [-0.3, -0.25) is 4.79 Å². The highest BCUT2D eigenvalue weighted by molar-refractivity contribution is 6.31. The average molecular weight is 273 g/mol. The van der Waals surface area contributed by atoms with Crippen LogP contribution in [0.15, 0.2) is 18.2 Å². The van der Waals surface area contributed by atoms with Gasteiger partial charge in [-0.25, -0.2) is 4.39 Å². The Kier molecular flexibility index (Phi) is 5.56. The molecule has 0 aliphatic rings. The van der Waals surface area contributed by atoms with Crippen molar-refractivity contribution < 1.29 is 9.18 Å². The first kappa shape index (κ1) is 14.9. The summed E-state index contributed by atoms with van der Waals surface area (Å²) in [7, 11) is 0. The largest absolute Gasteiger partial charge is 0.353 e. The van der Waals surface area contributed by atoms with Gasteiger partial charge in [0.25, 0.3) is 0 Å². The summed E-state index contributed by atoms with van der Waals surface area (Å²) in [6, 6.07) is 4.24. The van der Waals surface area contributed by atoms with E-state index < -0.39 is 0 Å². The number of rotatable bonds is 5. The fourth-order valence-electron chi connectivity index (χ4n) is 1.58. The van der Waals surface area contributed by atoms with Crippen LogP contribution >= 0.6 is 11.6 Å². The minimum atomic E-state index is -0.367. The van der Waals surface area contributed by atoms with Gasteiger partial charge in [-0.15, -0.1) is 0 Å². The normalized spacial score (nSPS) is 12.6. The molecule has 0 fully saturated rings. The summed E-state index contributed by atoms with van der Waals surface area (Å²) in [5.74, 6) is -0.441. The quantitative estimate of drug-likeness (QED) is 0.865. The maximum absolute atomic E-state index is 12.9. The predicted octanol–water partition coefficient (Wildman–Crippen LogP) is 2.65. The predicted molar refractivity (Wildman–Crippen MR) is 71.1 cm³/mol. The number of halogens is 2. The van der Waals surface area contributed by atoms with E-state index in [4.69, 9.17) is 11.6 Å². The summed E-state index contributed by atoms with van der Waals surface area (Å²) in [5.41, 5.74) is 0.774. The van der Waals surface area contributed by atoms with Crippen molar-refractivity contribution >= 4 is 17.5 Å². The molecule has 0 aromatic heterocycles. The molecule has 1 rings (SSSR count). The van der Waals surface area contributed by atoms with E-state index in [2.05, 4.69) is 10.6 Å². The molecule has 0 aliphatic carbocycles. The summed E-state index contributed by atoms with van der Waals surface area (Å²) < 4.78 is 12.9. The van der Waals surface area contributed by atoms with Crippen molar-refractivity contribution in [2.24, 2.45) is 0 Å². The van der Waals surface area contributed by atoms with Crippen LogP contribution in [-0.4, -0.2) is 18.5 Å². The monoisotopic (exact) mass is 272 g/mol. The van der Waals surface area contributed by atoms with Crippen molar-refractivity contribution in [1.82, 2.24) is 10.6 Å². The molecule has 1 aromatic carbocycles. The molecule has 1 atom stereocenters. The lowest BCUT2D eigenvalue weighted by atomic mass is 10.1. The lowest BCUT2D eigenvalue weighted by Crippen LogP contribution is -2.38. The molecule has 100 valence electrons. The number of hydrogen-bond acceptors (Lipinski definition) is 2. The Hall–Kier alpha value is -1.13. The van der Waals surface area contributed by atoms with Crippen LogP contribution in [0.2, 0.25) is 5.02 Å². The zero-order valence-electron chi connectivity index (χ0n) is 10.8. The Balaban J connectivity index is 2.55. The van der Waals surface area contributed by atoms with Gasteiger partial charge in [0.05, 0.1) is 6.54 Å². The molecule has 0 bridgehead atoms. The van der Waals surface area contributed by atoms with Crippen molar-refractivity contribution in [2.75, 3.05) is 6.54 Å². The van der Waals surface area contributed by atoms with E-state index >= 15 is 0 Å². The van der Waals surface area contributed by atoms with Crippen LogP contribution in [0.4, 0.5) is 4.39 Å². The molecule has 0 spiro atoms. The fraction of sp³-hybridized carbons (Fsp3) is 0.462. The second-order valence-electron chi connectivity index (χ2n) is 4.49. The van der Waals surface area contributed by atoms with Crippen molar-refractivity contribution in [3.8, 4) is 0 Å². The number of benzene rings is 1. The first-order valence-corrected chi connectivity index (χ1v) is 6.25. The Morgan fingerprint density at radius 2 is 2.06 bits per heavy atom. The second-order valence-corrected chi connectivity index (χ2v) is 4.90. The van der Waals surface area contributed by atoms with E-state index in [1.165, 1.54) is 12.1 Å². The average Bonchev–Trinajstić information content (AvgIpc) is 2.25. The minimum absolute atomic E-state index is 0.0740. The number of carbonyl (C=O) groups excluding carboxylic acids is 1. The van der Waals surface area contributed by atoms with Gasteiger partial charge in [-0.05, 0) is 38.5 Å². The van der Waals surface area contributed by atoms with E-state index in [0.29, 0.717) is 5.02 Å². The van der Waals surface area contributed by atoms with Crippen LogP contribution in [0.3, 0.4) is 0 Å². The number of carbonyl (C=O) groups is 1. The molecule has 1 unspecified atom stereocenters.